The van der Waals surface area contributed by atoms with Gasteiger partial charge in [-0.05, 0) is 38.6 Å². The topological polar surface area (TPSA) is 25.2 Å². The first kappa shape index (κ1) is 13.0. The maximum atomic E-state index is 11.0. The van der Waals surface area contributed by atoms with Gasteiger partial charge in [0.05, 0.1) is 5.69 Å². The molecule has 0 N–H and O–H groups in total. The summed E-state index contributed by atoms with van der Waals surface area (Å²) in [5.41, 5.74) is 3.07. The van der Waals surface area contributed by atoms with Gasteiger partial charge >= 0.3 is 0 Å². The molecule has 0 aliphatic rings. The van der Waals surface area contributed by atoms with Gasteiger partial charge in [0.2, 0.25) is 0 Å². The molecule has 0 aromatic carbocycles. The summed E-state index contributed by atoms with van der Waals surface area (Å²) in [6.45, 7) is 12.4. The molecule has 0 bridgehead atoms. The number of hydrogen-bond donors (Lipinski definition) is 0. The van der Waals surface area contributed by atoms with Crippen molar-refractivity contribution in [3.05, 3.63) is 23.0 Å². The molecule has 16 heavy (non-hydrogen) atoms. The van der Waals surface area contributed by atoms with Crippen LogP contribution in [-0.2, 0) is 6.54 Å². The lowest BCUT2D eigenvalue weighted by molar-refractivity contribution is 0.111. The smallest absolute Gasteiger partial charge is 0.166 e. The minimum absolute atomic E-state index is 0.824. The van der Waals surface area contributed by atoms with Gasteiger partial charge in [-0.25, -0.2) is 0 Å². The highest BCUT2D eigenvalue weighted by Crippen LogP contribution is 2.12. The van der Waals surface area contributed by atoms with Crippen molar-refractivity contribution in [2.75, 3.05) is 19.6 Å². The second-order valence-corrected chi connectivity index (χ2v) is 4.15. The van der Waals surface area contributed by atoms with Crippen molar-refractivity contribution >= 4 is 6.29 Å². The minimum Gasteiger partial charge on any atom is -0.341 e. The number of rotatable bonds is 6. The average molecular weight is 222 g/mol. The molecule has 0 radical (unpaired) electrons. The Morgan fingerprint density at radius 1 is 1.31 bits per heavy atom. The van der Waals surface area contributed by atoms with Gasteiger partial charge in [-0.15, -0.1) is 0 Å². The van der Waals surface area contributed by atoms with Crippen LogP contribution in [0.15, 0.2) is 6.07 Å². The minimum atomic E-state index is 0.824. The quantitative estimate of drug-likeness (QED) is 0.690. The summed E-state index contributed by atoms with van der Waals surface area (Å²) < 4.78 is 2.11. The Kier molecular flexibility index (Phi) is 4.74. The van der Waals surface area contributed by atoms with E-state index >= 15 is 0 Å². The van der Waals surface area contributed by atoms with Gasteiger partial charge in [0, 0.05) is 18.8 Å². The molecular formula is C13H22N2O. The van der Waals surface area contributed by atoms with Crippen LogP contribution >= 0.6 is 0 Å². The van der Waals surface area contributed by atoms with Crippen molar-refractivity contribution in [3.8, 4) is 0 Å². The maximum absolute atomic E-state index is 11.0. The molecule has 0 aliphatic heterocycles. The molecule has 1 heterocycles. The van der Waals surface area contributed by atoms with E-state index in [1.54, 1.807) is 0 Å². The lowest BCUT2D eigenvalue weighted by atomic mass is 10.3. The lowest BCUT2D eigenvalue weighted by Crippen LogP contribution is -2.27. The fourth-order valence-corrected chi connectivity index (χ4v) is 2.10. The predicted molar refractivity (Wildman–Crippen MR) is 67.1 cm³/mol. The van der Waals surface area contributed by atoms with Crippen LogP contribution in [0.3, 0.4) is 0 Å². The molecule has 1 rings (SSSR count). The zero-order chi connectivity index (χ0) is 12.1. The first-order chi connectivity index (χ1) is 7.63. The average Bonchev–Trinajstić information content (AvgIpc) is 2.54. The number of aryl methyl sites for hydroxylation is 2. The summed E-state index contributed by atoms with van der Waals surface area (Å²) in [4.78, 5) is 13.4. The highest BCUT2D eigenvalue weighted by Gasteiger charge is 2.09. The largest absolute Gasteiger partial charge is 0.341 e. The Labute approximate surface area is 98.1 Å². The van der Waals surface area contributed by atoms with Crippen LogP contribution in [0.2, 0.25) is 0 Å². The van der Waals surface area contributed by atoms with Crippen molar-refractivity contribution in [2.24, 2.45) is 0 Å². The molecule has 0 saturated heterocycles. The van der Waals surface area contributed by atoms with Crippen molar-refractivity contribution < 1.29 is 4.79 Å². The lowest BCUT2D eigenvalue weighted by Gasteiger charge is -2.19. The second kappa shape index (κ2) is 5.85. The third-order valence-electron chi connectivity index (χ3n) is 3.19. The highest BCUT2D eigenvalue weighted by molar-refractivity contribution is 5.75. The molecule has 0 spiro atoms. The van der Waals surface area contributed by atoms with E-state index in [1.165, 1.54) is 5.69 Å². The van der Waals surface area contributed by atoms with E-state index < -0.39 is 0 Å². The third-order valence-corrected chi connectivity index (χ3v) is 3.19. The Bertz CT molecular complexity index is 351. The van der Waals surface area contributed by atoms with Gasteiger partial charge in [-0.3, -0.25) is 4.79 Å². The fourth-order valence-electron chi connectivity index (χ4n) is 2.10. The van der Waals surface area contributed by atoms with Gasteiger partial charge in [0.25, 0.3) is 0 Å². The number of likely N-dealkylation sites (N-methyl/N-ethyl adjacent to an activating group) is 1. The van der Waals surface area contributed by atoms with Crippen LogP contribution in [0.5, 0.6) is 0 Å². The van der Waals surface area contributed by atoms with Gasteiger partial charge in [-0.2, -0.15) is 0 Å². The summed E-state index contributed by atoms with van der Waals surface area (Å²) >= 11 is 0. The summed E-state index contributed by atoms with van der Waals surface area (Å²) in [6, 6.07) is 2.08. The van der Waals surface area contributed by atoms with E-state index in [9.17, 15) is 4.79 Å². The fraction of sp³-hybridized carbons (Fsp3) is 0.615. The number of carbonyl (C=O) groups excluding carboxylic acids is 1. The van der Waals surface area contributed by atoms with E-state index in [0.717, 1.165) is 43.7 Å². The van der Waals surface area contributed by atoms with Crippen LogP contribution in [0.4, 0.5) is 0 Å². The third kappa shape index (κ3) is 2.73. The van der Waals surface area contributed by atoms with E-state index in [0.29, 0.717) is 0 Å². The number of aromatic nitrogens is 1. The Morgan fingerprint density at radius 3 is 2.44 bits per heavy atom. The van der Waals surface area contributed by atoms with E-state index in [4.69, 9.17) is 0 Å². The molecule has 3 nitrogen and oxygen atoms in total. The van der Waals surface area contributed by atoms with E-state index in [2.05, 4.69) is 36.3 Å². The molecule has 3 heteroatoms. The van der Waals surface area contributed by atoms with Crippen LogP contribution in [-0.4, -0.2) is 35.4 Å². The molecule has 90 valence electrons. The summed E-state index contributed by atoms with van der Waals surface area (Å²) in [5.74, 6) is 0. The van der Waals surface area contributed by atoms with Crippen LogP contribution in [0.25, 0.3) is 0 Å². The van der Waals surface area contributed by atoms with Crippen LogP contribution < -0.4 is 0 Å². The molecule has 0 fully saturated rings. The molecular weight excluding hydrogens is 200 g/mol. The molecule has 0 amide bonds. The summed E-state index contributed by atoms with van der Waals surface area (Å²) in [7, 11) is 0. The van der Waals surface area contributed by atoms with Crippen LogP contribution in [0.1, 0.15) is 35.6 Å². The van der Waals surface area contributed by atoms with Gasteiger partial charge in [0.1, 0.15) is 0 Å². The van der Waals surface area contributed by atoms with Crippen molar-refractivity contribution in [1.29, 1.82) is 0 Å². The number of aldehydes is 1. The molecule has 0 atom stereocenters. The first-order valence-corrected chi connectivity index (χ1v) is 5.98. The normalized spacial score (nSPS) is 11.1. The van der Waals surface area contributed by atoms with Gasteiger partial charge < -0.3 is 9.47 Å². The molecule has 0 aliphatic carbocycles. The van der Waals surface area contributed by atoms with Gasteiger partial charge in [-0.1, -0.05) is 13.8 Å². The number of nitrogens with zero attached hydrogens (tertiary/aromatic N) is 2. The Morgan fingerprint density at radius 2 is 1.94 bits per heavy atom. The zero-order valence-electron chi connectivity index (χ0n) is 10.8. The first-order valence-electron chi connectivity index (χ1n) is 5.98. The monoisotopic (exact) mass is 222 g/mol. The Balaban J connectivity index is 2.76. The maximum Gasteiger partial charge on any atom is 0.166 e. The number of hydrogen-bond acceptors (Lipinski definition) is 2. The molecule has 1 aromatic heterocycles. The Hall–Kier alpha value is -1.09. The van der Waals surface area contributed by atoms with E-state index in [-0.39, 0.29) is 0 Å². The molecule has 0 saturated carbocycles. The van der Waals surface area contributed by atoms with Gasteiger partial charge in [0.15, 0.2) is 6.29 Å². The SMILES string of the molecule is CCN(CC)CCn1c(C)cc(C)c1C=O. The number of carbonyl (C=O) groups is 1. The van der Waals surface area contributed by atoms with Crippen LogP contribution in [0, 0.1) is 13.8 Å². The standard InChI is InChI=1S/C13H22N2O/c1-5-14(6-2)7-8-15-12(4)9-11(3)13(15)10-16/h9-10H,5-8H2,1-4H3. The highest BCUT2D eigenvalue weighted by atomic mass is 16.1. The van der Waals surface area contributed by atoms with Crippen molar-refractivity contribution in [2.45, 2.75) is 34.2 Å². The summed E-state index contributed by atoms with van der Waals surface area (Å²) in [6.07, 6.45) is 0.963. The molecule has 1 aromatic rings. The predicted octanol–water partition coefficient (Wildman–Crippen LogP) is 2.26. The van der Waals surface area contributed by atoms with Crippen molar-refractivity contribution in [3.63, 3.8) is 0 Å². The second-order valence-electron chi connectivity index (χ2n) is 4.15. The zero-order valence-corrected chi connectivity index (χ0v) is 10.8. The summed E-state index contributed by atoms with van der Waals surface area (Å²) in [5, 5.41) is 0. The molecule has 0 unspecified atom stereocenters. The van der Waals surface area contributed by atoms with Crippen molar-refractivity contribution in [1.82, 2.24) is 9.47 Å². The van der Waals surface area contributed by atoms with E-state index in [1.807, 2.05) is 6.92 Å².